The fourth-order valence-corrected chi connectivity index (χ4v) is 4.31. The molecule has 1 aliphatic carbocycles. The van der Waals surface area contributed by atoms with E-state index in [4.69, 9.17) is 0 Å². The van der Waals surface area contributed by atoms with E-state index in [-0.39, 0.29) is 28.4 Å². The standard InChI is InChI=1S/C22H27N3O4S/c1-15(2)25-30(28,29)19-10-6-9-17(14-19)21(26)24-20(22(27)23-18-11-12-18)13-16-7-4-3-5-8-16/h3-10,14-15,18,20,25H,11-13H2,1-2H3,(H,23,27)(H,24,26). The summed E-state index contributed by atoms with van der Waals surface area (Å²) in [4.78, 5) is 25.5. The average molecular weight is 430 g/mol. The van der Waals surface area contributed by atoms with E-state index in [1.54, 1.807) is 13.8 Å². The number of sulfonamides is 1. The zero-order valence-electron chi connectivity index (χ0n) is 17.1. The van der Waals surface area contributed by atoms with Crippen LogP contribution in [-0.4, -0.2) is 38.4 Å². The molecule has 1 atom stereocenters. The van der Waals surface area contributed by atoms with Crippen molar-refractivity contribution in [3.05, 3.63) is 65.7 Å². The Balaban J connectivity index is 1.77. The molecule has 1 aliphatic rings. The van der Waals surface area contributed by atoms with E-state index in [0.29, 0.717) is 6.42 Å². The number of hydrogen-bond acceptors (Lipinski definition) is 4. The van der Waals surface area contributed by atoms with Gasteiger partial charge in [-0.05, 0) is 50.5 Å². The van der Waals surface area contributed by atoms with Crippen LogP contribution in [0.2, 0.25) is 0 Å². The predicted octanol–water partition coefficient (Wildman–Crippen LogP) is 1.99. The molecule has 2 amide bonds. The van der Waals surface area contributed by atoms with Crippen molar-refractivity contribution in [1.82, 2.24) is 15.4 Å². The molecule has 1 saturated carbocycles. The Hall–Kier alpha value is -2.71. The van der Waals surface area contributed by atoms with Gasteiger partial charge >= 0.3 is 0 Å². The summed E-state index contributed by atoms with van der Waals surface area (Å²) in [6, 6.07) is 14.4. The lowest BCUT2D eigenvalue weighted by Gasteiger charge is -2.19. The van der Waals surface area contributed by atoms with E-state index in [1.807, 2.05) is 30.3 Å². The van der Waals surface area contributed by atoms with Gasteiger partial charge in [0.05, 0.1) is 4.90 Å². The number of carbonyl (C=O) groups is 2. The van der Waals surface area contributed by atoms with E-state index < -0.39 is 22.0 Å². The fourth-order valence-electron chi connectivity index (χ4n) is 3.01. The Labute approximate surface area is 177 Å². The van der Waals surface area contributed by atoms with Crippen molar-refractivity contribution in [2.75, 3.05) is 0 Å². The van der Waals surface area contributed by atoms with E-state index in [0.717, 1.165) is 18.4 Å². The molecule has 3 rings (SSSR count). The van der Waals surface area contributed by atoms with Crippen LogP contribution in [-0.2, 0) is 21.2 Å². The van der Waals surface area contributed by atoms with Crippen molar-refractivity contribution in [1.29, 1.82) is 0 Å². The summed E-state index contributed by atoms with van der Waals surface area (Å²) in [5, 5.41) is 5.70. The van der Waals surface area contributed by atoms with Gasteiger partial charge in [-0.25, -0.2) is 13.1 Å². The minimum absolute atomic E-state index is 0.00545. The molecule has 1 unspecified atom stereocenters. The Morgan fingerprint density at radius 1 is 1.03 bits per heavy atom. The quantitative estimate of drug-likeness (QED) is 0.567. The van der Waals surface area contributed by atoms with Crippen LogP contribution in [0.25, 0.3) is 0 Å². The first kappa shape index (κ1) is 22.0. The summed E-state index contributed by atoms with van der Waals surface area (Å²) in [6.07, 6.45) is 2.24. The zero-order valence-corrected chi connectivity index (χ0v) is 17.9. The monoisotopic (exact) mass is 429 g/mol. The molecule has 30 heavy (non-hydrogen) atoms. The molecule has 8 heteroatoms. The van der Waals surface area contributed by atoms with Gasteiger partial charge < -0.3 is 10.6 Å². The molecule has 0 saturated heterocycles. The second-order valence-corrected chi connectivity index (χ2v) is 9.52. The van der Waals surface area contributed by atoms with Gasteiger partial charge in [0.15, 0.2) is 0 Å². The highest BCUT2D eigenvalue weighted by Crippen LogP contribution is 2.19. The summed E-state index contributed by atoms with van der Waals surface area (Å²) in [5.41, 5.74) is 1.10. The smallest absolute Gasteiger partial charge is 0.251 e. The largest absolute Gasteiger partial charge is 0.352 e. The van der Waals surface area contributed by atoms with E-state index in [9.17, 15) is 18.0 Å². The van der Waals surface area contributed by atoms with Gasteiger partial charge in [-0.2, -0.15) is 0 Å². The van der Waals surface area contributed by atoms with Gasteiger partial charge in [-0.3, -0.25) is 9.59 Å². The first-order valence-corrected chi connectivity index (χ1v) is 11.5. The molecule has 2 aromatic carbocycles. The van der Waals surface area contributed by atoms with Gasteiger partial charge in [-0.15, -0.1) is 0 Å². The summed E-state index contributed by atoms with van der Waals surface area (Å²) in [6.45, 7) is 3.45. The number of carbonyl (C=O) groups excluding carboxylic acids is 2. The van der Waals surface area contributed by atoms with Gasteiger partial charge in [0.1, 0.15) is 6.04 Å². The van der Waals surface area contributed by atoms with Crippen LogP contribution >= 0.6 is 0 Å². The highest BCUT2D eigenvalue weighted by molar-refractivity contribution is 7.89. The highest BCUT2D eigenvalue weighted by atomic mass is 32.2. The van der Waals surface area contributed by atoms with Crippen molar-refractivity contribution >= 4 is 21.8 Å². The summed E-state index contributed by atoms with van der Waals surface area (Å²) < 4.78 is 27.3. The molecule has 2 aromatic rings. The summed E-state index contributed by atoms with van der Waals surface area (Å²) >= 11 is 0. The van der Waals surface area contributed by atoms with Crippen molar-refractivity contribution < 1.29 is 18.0 Å². The molecular formula is C22H27N3O4S. The van der Waals surface area contributed by atoms with Crippen molar-refractivity contribution in [2.45, 2.75) is 56.1 Å². The maximum atomic E-state index is 12.8. The molecule has 0 radical (unpaired) electrons. The summed E-state index contributed by atoms with van der Waals surface area (Å²) in [7, 11) is -3.73. The molecule has 0 aromatic heterocycles. The number of hydrogen-bond donors (Lipinski definition) is 3. The van der Waals surface area contributed by atoms with Crippen LogP contribution in [0.1, 0.15) is 42.6 Å². The SMILES string of the molecule is CC(C)NS(=O)(=O)c1cccc(C(=O)NC(Cc2ccccc2)C(=O)NC2CC2)c1. The molecule has 0 heterocycles. The lowest BCUT2D eigenvalue weighted by atomic mass is 10.0. The second-order valence-electron chi connectivity index (χ2n) is 7.80. The topological polar surface area (TPSA) is 104 Å². The first-order chi connectivity index (χ1) is 14.2. The second kappa shape index (κ2) is 9.40. The number of rotatable bonds is 9. The highest BCUT2D eigenvalue weighted by Gasteiger charge is 2.29. The Morgan fingerprint density at radius 3 is 2.37 bits per heavy atom. The van der Waals surface area contributed by atoms with Crippen molar-refractivity contribution in [3.8, 4) is 0 Å². The summed E-state index contributed by atoms with van der Waals surface area (Å²) in [5.74, 6) is -0.733. The normalized spacial score (nSPS) is 14.9. The van der Waals surface area contributed by atoms with Crippen LogP contribution in [0.3, 0.4) is 0 Å². The minimum Gasteiger partial charge on any atom is -0.352 e. The van der Waals surface area contributed by atoms with Crippen molar-refractivity contribution in [2.24, 2.45) is 0 Å². The third-order valence-corrected chi connectivity index (χ3v) is 6.28. The lowest BCUT2D eigenvalue weighted by molar-refractivity contribution is -0.123. The molecule has 160 valence electrons. The van der Waals surface area contributed by atoms with Gasteiger partial charge in [-0.1, -0.05) is 36.4 Å². The van der Waals surface area contributed by atoms with Crippen LogP contribution in [0, 0.1) is 0 Å². The van der Waals surface area contributed by atoms with Crippen molar-refractivity contribution in [3.63, 3.8) is 0 Å². The fraction of sp³-hybridized carbons (Fsp3) is 0.364. The minimum atomic E-state index is -3.73. The molecule has 7 nitrogen and oxygen atoms in total. The van der Waals surface area contributed by atoms with Crippen LogP contribution < -0.4 is 15.4 Å². The predicted molar refractivity (Wildman–Crippen MR) is 114 cm³/mol. The molecule has 0 spiro atoms. The molecule has 3 N–H and O–H groups in total. The number of nitrogens with one attached hydrogen (secondary N) is 3. The molecule has 1 fully saturated rings. The van der Waals surface area contributed by atoms with Crippen LogP contribution in [0.15, 0.2) is 59.5 Å². The molecule has 0 bridgehead atoms. The lowest BCUT2D eigenvalue weighted by Crippen LogP contribution is -2.48. The van der Waals surface area contributed by atoms with E-state index in [1.165, 1.54) is 24.3 Å². The van der Waals surface area contributed by atoms with Crippen LogP contribution in [0.5, 0.6) is 0 Å². The van der Waals surface area contributed by atoms with Crippen LogP contribution in [0.4, 0.5) is 0 Å². The third-order valence-electron chi connectivity index (χ3n) is 4.63. The third kappa shape index (κ3) is 6.14. The average Bonchev–Trinajstić information content (AvgIpc) is 3.51. The maximum absolute atomic E-state index is 12.8. The Morgan fingerprint density at radius 2 is 1.73 bits per heavy atom. The zero-order chi connectivity index (χ0) is 21.7. The van der Waals surface area contributed by atoms with Gasteiger partial charge in [0.2, 0.25) is 15.9 Å². The Bertz CT molecular complexity index is 1000. The number of amides is 2. The first-order valence-electron chi connectivity index (χ1n) is 10.0. The molecule has 0 aliphatic heterocycles. The van der Waals surface area contributed by atoms with Gasteiger partial charge in [0, 0.05) is 24.1 Å². The van der Waals surface area contributed by atoms with E-state index >= 15 is 0 Å². The van der Waals surface area contributed by atoms with Gasteiger partial charge in [0.25, 0.3) is 5.91 Å². The Kier molecular flexibility index (Phi) is 6.89. The number of benzene rings is 2. The maximum Gasteiger partial charge on any atom is 0.251 e. The molecular weight excluding hydrogens is 402 g/mol. The van der Waals surface area contributed by atoms with E-state index in [2.05, 4.69) is 15.4 Å².